The lowest BCUT2D eigenvalue weighted by Gasteiger charge is -2.14. The van der Waals surface area contributed by atoms with Crippen molar-refractivity contribution in [2.75, 3.05) is 24.7 Å². The number of nitrogen functional groups attached to an aromatic ring is 1. The number of aliphatic hydroxyl groups excluding tert-OH is 1. The summed E-state index contributed by atoms with van der Waals surface area (Å²) in [7, 11) is 1.58. The van der Waals surface area contributed by atoms with Crippen LogP contribution < -0.4 is 15.8 Å². The minimum atomic E-state index is -0.632. The number of nitrogens with zero attached hydrogens (tertiary/aromatic N) is 1. The highest BCUT2D eigenvalue weighted by atomic mass is 16.5. The van der Waals surface area contributed by atoms with Gasteiger partial charge in [-0.25, -0.2) is 4.98 Å². The fourth-order valence-electron chi connectivity index (χ4n) is 1.72. The molecule has 1 atom stereocenters. The van der Waals surface area contributed by atoms with Gasteiger partial charge >= 0.3 is 0 Å². The third-order valence-corrected chi connectivity index (χ3v) is 2.77. The lowest BCUT2D eigenvalue weighted by Crippen LogP contribution is -2.13. The number of nitrogens with one attached hydrogen (secondary N) is 1. The summed E-state index contributed by atoms with van der Waals surface area (Å²) >= 11 is 0. The topological polar surface area (TPSA) is 80.4 Å². The molecule has 0 saturated carbocycles. The number of ether oxygens (including phenoxy) is 1. The Bertz CT molecular complexity index is 528. The second-order valence-corrected chi connectivity index (χ2v) is 4.12. The van der Waals surface area contributed by atoms with Gasteiger partial charge in [0.05, 0.1) is 13.2 Å². The molecule has 19 heavy (non-hydrogen) atoms. The van der Waals surface area contributed by atoms with Gasteiger partial charge in [-0.05, 0) is 29.8 Å². The van der Waals surface area contributed by atoms with Crippen molar-refractivity contribution in [3.05, 3.63) is 48.2 Å². The Labute approximate surface area is 112 Å². The maximum Gasteiger partial charge on any atom is 0.168 e. The number of nitrogens with two attached hydrogens (primary N) is 1. The summed E-state index contributed by atoms with van der Waals surface area (Å²) in [5.41, 5.74) is 7.08. The van der Waals surface area contributed by atoms with E-state index < -0.39 is 6.10 Å². The summed E-state index contributed by atoms with van der Waals surface area (Å²) in [5.74, 6) is 1.26. The molecule has 1 heterocycles. The zero-order valence-corrected chi connectivity index (χ0v) is 10.7. The highest BCUT2D eigenvalue weighted by Crippen LogP contribution is 2.21. The van der Waals surface area contributed by atoms with Gasteiger partial charge in [0, 0.05) is 18.4 Å². The molecule has 0 bridgehead atoms. The molecule has 2 rings (SSSR count). The number of hydrogen-bond donors (Lipinski definition) is 3. The van der Waals surface area contributed by atoms with Crippen LogP contribution in [-0.4, -0.2) is 23.7 Å². The van der Waals surface area contributed by atoms with E-state index in [0.29, 0.717) is 23.8 Å². The quantitative estimate of drug-likeness (QED) is 0.714. The summed E-state index contributed by atoms with van der Waals surface area (Å²) < 4.78 is 5.18. The minimum Gasteiger partial charge on any atom is -0.493 e. The zero-order chi connectivity index (χ0) is 13.7. The average molecular weight is 259 g/mol. The summed E-state index contributed by atoms with van der Waals surface area (Å²) in [6, 6.07) is 10.7. The number of rotatable bonds is 5. The number of pyridine rings is 1. The van der Waals surface area contributed by atoms with Crippen LogP contribution in [0.3, 0.4) is 0 Å². The van der Waals surface area contributed by atoms with Crippen LogP contribution in [0.1, 0.15) is 11.7 Å². The van der Waals surface area contributed by atoms with Crippen molar-refractivity contribution in [1.29, 1.82) is 0 Å². The molecule has 0 aliphatic carbocycles. The highest BCUT2D eigenvalue weighted by molar-refractivity contribution is 5.49. The Balaban J connectivity index is 2.00. The smallest absolute Gasteiger partial charge is 0.168 e. The number of benzene rings is 1. The largest absolute Gasteiger partial charge is 0.493 e. The molecule has 5 heteroatoms. The standard InChI is InChI=1S/C14H17N3O2/c1-19-13-3-2-8-16-14(13)17-9-12(18)10-4-6-11(15)7-5-10/h2-8,12,18H,9,15H2,1H3,(H,16,17). The van der Waals surface area contributed by atoms with Gasteiger partial charge in [0.1, 0.15) is 0 Å². The van der Waals surface area contributed by atoms with E-state index in [1.165, 1.54) is 0 Å². The average Bonchev–Trinajstić information content (AvgIpc) is 2.45. The maximum absolute atomic E-state index is 10.1. The third kappa shape index (κ3) is 3.35. The van der Waals surface area contributed by atoms with Crippen molar-refractivity contribution in [2.24, 2.45) is 0 Å². The summed E-state index contributed by atoms with van der Waals surface area (Å²) in [4.78, 5) is 4.16. The molecule has 100 valence electrons. The van der Waals surface area contributed by atoms with Crippen LogP contribution >= 0.6 is 0 Å². The van der Waals surface area contributed by atoms with Gasteiger partial charge in [0.15, 0.2) is 11.6 Å². The lowest BCUT2D eigenvalue weighted by molar-refractivity contribution is 0.191. The number of aliphatic hydroxyl groups is 1. The number of methoxy groups -OCH3 is 1. The molecular weight excluding hydrogens is 242 g/mol. The van der Waals surface area contributed by atoms with E-state index in [1.807, 2.05) is 6.07 Å². The van der Waals surface area contributed by atoms with E-state index >= 15 is 0 Å². The lowest BCUT2D eigenvalue weighted by atomic mass is 10.1. The molecule has 2 aromatic rings. The van der Waals surface area contributed by atoms with Crippen LogP contribution in [-0.2, 0) is 0 Å². The van der Waals surface area contributed by atoms with E-state index in [1.54, 1.807) is 43.6 Å². The molecule has 0 aliphatic rings. The van der Waals surface area contributed by atoms with Crippen LogP contribution in [0.25, 0.3) is 0 Å². The first-order valence-corrected chi connectivity index (χ1v) is 5.97. The zero-order valence-electron chi connectivity index (χ0n) is 10.7. The predicted molar refractivity (Wildman–Crippen MR) is 75.1 cm³/mol. The Morgan fingerprint density at radius 3 is 2.74 bits per heavy atom. The molecule has 1 aromatic heterocycles. The van der Waals surface area contributed by atoms with Gasteiger partial charge in [-0.3, -0.25) is 0 Å². The Kier molecular flexibility index (Phi) is 4.20. The highest BCUT2D eigenvalue weighted by Gasteiger charge is 2.09. The summed E-state index contributed by atoms with van der Waals surface area (Å²) in [6.45, 7) is 0.345. The molecule has 5 nitrogen and oxygen atoms in total. The third-order valence-electron chi connectivity index (χ3n) is 2.77. The van der Waals surface area contributed by atoms with Crippen LogP contribution in [0.2, 0.25) is 0 Å². The fraction of sp³-hybridized carbons (Fsp3) is 0.214. The summed E-state index contributed by atoms with van der Waals surface area (Å²) in [6.07, 6.45) is 1.03. The van der Waals surface area contributed by atoms with Gasteiger partial charge < -0.3 is 20.9 Å². The van der Waals surface area contributed by atoms with Crippen molar-refractivity contribution in [2.45, 2.75) is 6.10 Å². The minimum absolute atomic E-state index is 0.345. The van der Waals surface area contributed by atoms with Crippen LogP contribution in [0, 0.1) is 0 Å². The monoisotopic (exact) mass is 259 g/mol. The van der Waals surface area contributed by atoms with Crippen molar-refractivity contribution in [3.8, 4) is 5.75 Å². The first kappa shape index (κ1) is 13.2. The fourth-order valence-corrected chi connectivity index (χ4v) is 1.72. The Morgan fingerprint density at radius 1 is 1.32 bits per heavy atom. The van der Waals surface area contributed by atoms with Gasteiger partial charge in [-0.2, -0.15) is 0 Å². The number of anilines is 2. The molecule has 0 saturated heterocycles. The Hall–Kier alpha value is -2.27. The first-order valence-electron chi connectivity index (χ1n) is 5.97. The molecule has 4 N–H and O–H groups in total. The molecule has 1 unspecified atom stereocenters. The Morgan fingerprint density at radius 2 is 2.05 bits per heavy atom. The van der Waals surface area contributed by atoms with Gasteiger partial charge in [-0.15, -0.1) is 0 Å². The molecule has 0 spiro atoms. The van der Waals surface area contributed by atoms with Crippen molar-refractivity contribution < 1.29 is 9.84 Å². The summed E-state index contributed by atoms with van der Waals surface area (Å²) in [5, 5.41) is 13.1. The van der Waals surface area contributed by atoms with Gasteiger partial charge in [-0.1, -0.05) is 12.1 Å². The van der Waals surface area contributed by atoms with E-state index in [-0.39, 0.29) is 0 Å². The van der Waals surface area contributed by atoms with E-state index in [9.17, 15) is 5.11 Å². The van der Waals surface area contributed by atoms with Crippen LogP contribution in [0.4, 0.5) is 11.5 Å². The molecule has 0 radical (unpaired) electrons. The molecule has 1 aromatic carbocycles. The number of hydrogen-bond acceptors (Lipinski definition) is 5. The second-order valence-electron chi connectivity index (χ2n) is 4.12. The van der Waals surface area contributed by atoms with Crippen molar-refractivity contribution in [1.82, 2.24) is 4.98 Å². The maximum atomic E-state index is 10.1. The SMILES string of the molecule is COc1cccnc1NCC(O)c1ccc(N)cc1. The van der Waals surface area contributed by atoms with E-state index in [4.69, 9.17) is 10.5 Å². The molecular formula is C14H17N3O2. The van der Waals surface area contributed by atoms with Gasteiger partial charge in [0.25, 0.3) is 0 Å². The van der Waals surface area contributed by atoms with Crippen LogP contribution in [0.15, 0.2) is 42.6 Å². The van der Waals surface area contributed by atoms with E-state index in [0.717, 1.165) is 5.56 Å². The number of aromatic nitrogens is 1. The van der Waals surface area contributed by atoms with E-state index in [2.05, 4.69) is 10.3 Å². The second kappa shape index (κ2) is 6.06. The first-order chi connectivity index (χ1) is 9.20. The molecule has 0 fully saturated rings. The molecule has 0 aliphatic heterocycles. The van der Waals surface area contributed by atoms with Gasteiger partial charge in [0.2, 0.25) is 0 Å². The van der Waals surface area contributed by atoms with Crippen molar-refractivity contribution in [3.63, 3.8) is 0 Å². The normalized spacial score (nSPS) is 11.9. The van der Waals surface area contributed by atoms with Crippen molar-refractivity contribution >= 4 is 11.5 Å². The molecule has 0 amide bonds. The predicted octanol–water partition coefficient (Wildman–Crippen LogP) is 1.82. The van der Waals surface area contributed by atoms with Crippen LogP contribution in [0.5, 0.6) is 5.75 Å².